The number of carbonyl (C=O) groups excluding carboxylic acids is 1. The first-order chi connectivity index (χ1) is 16.4. The zero-order valence-electron chi connectivity index (χ0n) is 19.0. The number of rotatable bonds is 4. The Morgan fingerprint density at radius 2 is 1.85 bits per heavy atom. The van der Waals surface area contributed by atoms with Crippen molar-refractivity contribution in [1.82, 2.24) is 9.58 Å². The average molecular weight is 472 g/mol. The third-order valence-electron chi connectivity index (χ3n) is 5.93. The number of hydrogen-bond acceptors (Lipinski definition) is 4. The van der Waals surface area contributed by atoms with Gasteiger partial charge in [0.05, 0.1) is 5.57 Å². The Balaban J connectivity index is 1.52. The summed E-state index contributed by atoms with van der Waals surface area (Å²) in [6.07, 6.45) is 2.62. The number of aliphatic imine (C=N–C) groups is 1. The molecule has 0 spiro atoms. The summed E-state index contributed by atoms with van der Waals surface area (Å²) in [4.78, 5) is 17.0. The molecule has 34 heavy (non-hydrogen) atoms. The highest BCUT2D eigenvalue weighted by Gasteiger charge is 2.36. The molecule has 0 aliphatic carbocycles. The van der Waals surface area contributed by atoms with Gasteiger partial charge in [-0.3, -0.25) is 10.2 Å². The minimum atomic E-state index is -0.474. The molecule has 2 aromatic carbocycles. The number of hydrogen-bond donors (Lipinski definition) is 1. The highest BCUT2D eigenvalue weighted by atomic mass is 32.2. The first kappa shape index (κ1) is 22.0. The van der Waals surface area contributed by atoms with E-state index in [0.717, 1.165) is 29.1 Å². The van der Waals surface area contributed by atoms with Gasteiger partial charge in [0, 0.05) is 22.6 Å². The lowest BCUT2D eigenvalue weighted by Gasteiger charge is -2.20. The number of fused-ring (bicyclic) bond motifs is 1. The van der Waals surface area contributed by atoms with E-state index in [1.807, 2.05) is 32.0 Å². The largest absolute Gasteiger partial charge is 0.318 e. The molecular formula is C26H22FN5OS. The number of nitrogens with zero attached hydrogens (tertiary/aromatic N) is 4. The molecule has 0 bridgehead atoms. The molecule has 0 unspecified atom stereocenters. The van der Waals surface area contributed by atoms with Gasteiger partial charge in [0.1, 0.15) is 10.9 Å². The lowest BCUT2D eigenvalue weighted by molar-refractivity contribution is -0.114. The van der Waals surface area contributed by atoms with Crippen LogP contribution in [0.25, 0.3) is 11.8 Å². The summed E-state index contributed by atoms with van der Waals surface area (Å²) < 4.78 is 15.5. The maximum absolute atomic E-state index is 13.3. The zero-order chi connectivity index (χ0) is 24.0. The number of benzene rings is 2. The second kappa shape index (κ2) is 8.53. The van der Waals surface area contributed by atoms with Gasteiger partial charge in [-0.1, -0.05) is 25.1 Å². The van der Waals surface area contributed by atoms with Gasteiger partial charge in [0.25, 0.3) is 5.91 Å². The summed E-state index contributed by atoms with van der Waals surface area (Å²) in [6, 6.07) is 16.2. The number of amidine groups is 2. The summed E-state index contributed by atoms with van der Waals surface area (Å²) >= 11 is 1.19. The van der Waals surface area contributed by atoms with E-state index in [0.29, 0.717) is 15.8 Å². The van der Waals surface area contributed by atoms with Crippen molar-refractivity contribution in [2.24, 2.45) is 10.1 Å². The quantitative estimate of drug-likeness (QED) is 0.513. The monoisotopic (exact) mass is 471 g/mol. The van der Waals surface area contributed by atoms with Crippen molar-refractivity contribution in [2.45, 2.75) is 27.2 Å². The maximum Gasteiger partial charge on any atom is 0.283 e. The number of amides is 1. The molecule has 170 valence electrons. The van der Waals surface area contributed by atoms with Crippen molar-refractivity contribution < 1.29 is 9.18 Å². The van der Waals surface area contributed by atoms with Crippen LogP contribution in [0.3, 0.4) is 0 Å². The molecule has 0 fully saturated rings. The Labute approximate surface area is 201 Å². The summed E-state index contributed by atoms with van der Waals surface area (Å²) in [5, 5.41) is 15.4. The topological polar surface area (TPSA) is 73.8 Å². The molecule has 2 aliphatic heterocycles. The number of aromatic nitrogens is 1. The van der Waals surface area contributed by atoms with Gasteiger partial charge in [-0.25, -0.2) is 4.39 Å². The van der Waals surface area contributed by atoms with Crippen LogP contribution in [0.1, 0.15) is 35.0 Å². The molecule has 0 saturated heterocycles. The normalized spacial score (nSPS) is 16.7. The van der Waals surface area contributed by atoms with E-state index in [2.05, 4.69) is 33.7 Å². The van der Waals surface area contributed by atoms with Gasteiger partial charge in [-0.15, -0.1) is 0 Å². The number of halogens is 1. The fraction of sp³-hybridized carbons (Fsp3) is 0.154. The Bertz CT molecular complexity index is 1430. The van der Waals surface area contributed by atoms with Crippen LogP contribution in [0.4, 0.5) is 4.39 Å². The molecule has 5 rings (SSSR count). The van der Waals surface area contributed by atoms with Crippen molar-refractivity contribution in [2.75, 3.05) is 0 Å². The van der Waals surface area contributed by atoms with Crippen LogP contribution < -0.4 is 0 Å². The second-order valence-corrected chi connectivity index (χ2v) is 9.03. The summed E-state index contributed by atoms with van der Waals surface area (Å²) in [5.41, 5.74) is 6.09. The Kier molecular flexibility index (Phi) is 5.53. The van der Waals surface area contributed by atoms with Gasteiger partial charge in [0.15, 0.2) is 5.84 Å². The average Bonchev–Trinajstić information content (AvgIpc) is 3.37. The van der Waals surface area contributed by atoms with Crippen LogP contribution in [0.5, 0.6) is 0 Å². The van der Waals surface area contributed by atoms with E-state index in [1.165, 1.54) is 34.5 Å². The summed E-state index contributed by atoms with van der Waals surface area (Å²) in [7, 11) is 0. The first-order valence-corrected chi connectivity index (χ1v) is 11.7. The predicted octanol–water partition coefficient (Wildman–Crippen LogP) is 5.46. The molecule has 1 aromatic heterocycles. The molecule has 0 radical (unpaired) electrons. The summed E-state index contributed by atoms with van der Waals surface area (Å²) in [6.45, 7) is 6.16. The van der Waals surface area contributed by atoms with Crippen LogP contribution in [0.2, 0.25) is 0 Å². The minimum Gasteiger partial charge on any atom is -0.318 e. The number of thioether (sulfide) groups is 1. The van der Waals surface area contributed by atoms with Crippen molar-refractivity contribution in [3.63, 3.8) is 0 Å². The Morgan fingerprint density at radius 1 is 1.12 bits per heavy atom. The highest BCUT2D eigenvalue weighted by molar-refractivity contribution is 8.27. The number of nitrogens with one attached hydrogen (secondary N) is 1. The van der Waals surface area contributed by atoms with Gasteiger partial charge < -0.3 is 4.57 Å². The minimum absolute atomic E-state index is 0.0293. The van der Waals surface area contributed by atoms with Crippen LogP contribution in [-0.4, -0.2) is 31.5 Å². The van der Waals surface area contributed by atoms with Crippen molar-refractivity contribution in [1.29, 1.82) is 5.41 Å². The zero-order valence-corrected chi connectivity index (χ0v) is 19.8. The third kappa shape index (κ3) is 3.70. The molecule has 1 amide bonds. The molecule has 6 nitrogen and oxygen atoms in total. The predicted molar refractivity (Wildman–Crippen MR) is 135 cm³/mol. The van der Waals surface area contributed by atoms with E-state index in [9.17, 15) is 9.18 Å². The first-order valence-electron chi connectivity index (χ1n) is 10.9. The lowest BCUT2D eigenvalue weighted by Crippen LogP contribution is -2.35. The fourth-order valence-electron chi connectivity index (χ4n) is 4.19. The number of hydrazone groups is 1. The molecule has 1 N–H and O–H groups in total. The Hall–Kier alpha value is -3.78. The molecule has 0 atom stereocenters. The molecule has 3 aromatic rings. The van der Waals surface area contributed by atoms with E-state index < -0.39 is 5.91 Å². The van der Waals surface area contributed by atoms with E-state index in [4.69, 9.17) is 5.41 Å². The second-order valence-electron chi connectivity index (χ2n) is 8.08. The maximum atomic E-state index is 13.3. The van der Waals surface area contributed by atoms with Crippen molar-refractivity contribution in [3.05, 3.63) is 94.1 Å². The molecule has 0 saturated carbocycles. The number of para-hydroxylation sites is 1. The highest BCUT2D eigenvalue weighted by Crippen LogP contribution is 2.32. The molecular weight excluding hydrogens is 449 g/mol. The molecule has 8 heteroatoms. The standard InChI is InChI=1S/C26H22FN5OS/c1-4-17-7-5-6-8-22(17)31-15(2)13-19(16(31)3)14-21-23(28)32-26(29-24(21)33)34-25(30-32)18-9-11-20(27)12-10-18/h5-14,28H,4H2,1-3H3/b21-14-,28-23?. The molecule has 2 aliphatic rings. The van der Waals surface area contributed by atoms with Gasteiger partial charge >= 0.3 is 0 Å². The smallest absolute Gasteiger partial charge is 0.283 e. The lowest BCUT2D eigenvalue weighted by atomic mass is 10.1. The van der Waals surface area contributed by atoms with Crippen LogP contribution in [0, 0.1) is 25.1 Å². The molecule has 3 heterocycles. The summed E-state index contributed by atoms with van der Waals surface area (Å²) in [5.74, 6) is -0.842. The number of carbonyl (C=O) groups is 1. The fourth-order valence-corrected chi connectivity index (χ4v) is 5.09. The van der Waals surface area contributed by atoms with Gasteiger partial charge in [0.2, 0.25) is 5.17 Å². The van der Waals surface area contributed by atoms with Gasteiger partial charge in [-0.05, 0) is 85.6 Å². The van der Waals surface area contributed by atoms with Crippen LogP contribution >= 0.6 is 11.8 Å². The van der Waals surface area contributed by atoms with Gasteiger partial charge in [-0.2, -0.15) is 15.1 Å². The third-order valence-corrected chi connectivity index (χ3v) is 6.89. The van der Waals surface area contributed by atoms with E-state index in [-0.39, 0.29) is 17.2 Å². The number of aryl methyl sites for hydroxylation is 2. The van der Waals surface area contributed by atoms with Crippen molar-refractivity contribution >= 4 is 39.8 Å². The Morgan fingerprint density at radius 3 is 2.59 bits per heavy atom. The van der Waals surface area contributed by atoms with Crippen molar-refractivity contribution in [3.8, 4) is 5.69 Å². The van der Waals surface area contributed by atoms with E-state index >= 15 is 0 Å². The van der Waals surface area contributed by atoms with Crippen LogP contribution in [-0.2, 0) is 11.2 Å². The van der Waals surface area contributed by atoms with Crippen LogP contribution in [0.15, 0.2) is 70.3 Å². The van der Waals surface area contributed by atoms with E-state index in [1.54, 1.807) is 18.2 Å². The SMILES string of the molecule is CCc1ccccc1-n1c(C)cc(/C=C2/C(=N)N3N=C(c4ccc(F)cc4)SC3=NC2=O)c1C.